The third-order valence-corrected chi connectivity index (χ3v) is 5.02. The molecule has 13 heteroatoms. The fraction of sp³-hybridized carbons (Fsp3) is 0.211. The largest absolute Gasteiger partial charge is 0.432 e. The van der Waals surface area contributed by atoms with E-state index in [1.54, 1.807) is 39.4 Å². The molecule has 0 saturated heterocycles. The van der Waals surface area contributed by atoms with Gasteiger partial charge >= 0.3 is 6.18 Å². The van der Waals surface area contributed by atoms with Crippen LogP contribution >= 0.6 is 0 Å². The van der Waals surface area contributed by atoms with E-state index in [9.17, 15) is 13.2 Å². The van der Waals surface area contributed by atoms with Crippen molar-refractivity contribution in [2.75, 3.05) is 5.32 Å². The van der Waals surface area contributed by atoms with Crippen molar-refractivity contribution in [3.63, 3.8) is 0 Å². The first-order chi connectivity index (χ1) is 15.2. The topological polar surface area (TPSA) is 107 Å². The zero-order chi connectivity index (χ0) is 22.6. The first kappa shape index (κ1) is 19.8. The van der Waals surface area contributed by atoms with E-state index >= 15 is 0 Å². The van der Waals surface area contributed by atoms with Crippen LogP contribution in [0.15, 0.2) is 36.9 Å². The Balaban J connectivity index is 1.69. The molecule has 0 saturated carbocycles. The second kappa shape index (κ2) is 6.93. The summed E-state index contributed by atoms with van der Waals surface area (Å²) >= 11 is 0. The number of imidazole rings is 1. The van der Waals surface area contributed by atoms with Gasteiger partial charge < -0.3 is 9.88 Å². The smallest absolute Gasteiger partial charge is 0.331 e. The van der Waals surface area contributed by atoms with Gasteiger partial charge in [-0.25, -0.2) is 14.5 Å². The van der Waals surface area contributed by atoms with Crippen LogP contribution in [0.1, 0.15) is 11.3 Å². The van der Waals surface area contributed by atoms with Crippen LogP contribution in [-0.2, 0) is 20.3 Å². The lowest BCUT2D eigenvalue weighted by atomic mass is 10.1. The summed E-state index contributed by atoms with van der Waals surface area (Å²) in [6.45, 7) is 1.88. The number of hydrogen-bond acceptors (Lipinski definition) is 6. The zero-order valence-electron chi connectivity index (χ0n) is 17.2. The lowest BCUT2D eigenvalue weighted by Crippen LogP contribution is -2.06. The van der Waals surface area contributed by atoms with E-state index in [1.165, 1.54) is 0 Å². The summed E-state index contributed by atoms with van der Waals surface area (Å²) in [6.07, 6.45) is 2.45. The lowest BCUT2D eigenvalue weighted by Gasteiger charge is -2.09. The second-order valence-corrected chi connectivity index (χ2v) is 7.27. The highest BCUT2D eigenvalue weighted by Gasteiger charge is 2.33. The van der Waals surface area contributed by atoms with Gasteiger partial charge in [0, 0.05) is 50.5 Å². The molecule has 0 fully saturated rings. The monoisotopic (exact) mass is 442 g/mol. The molecule has 2 N–H and O–H groups in total. The first-order valence-electron chi connectivity index (χ1n) is 9.48. The van der Waals surface area contributed by atoms with Crippen LogP contribution < -0.4 is 5.32 Å². The number of aromatic nitrogens is 9. The number of aryl methyl sites for hydroxylation is 3. The van der Waals surface area contributed by atoms with Crippen molar-refractivity contribution in [3.8, 4) is 22.9 Å². The molecule has 32 heavy (non-hydrogen) atoms. The molecular weight excluding hydrogens is 425 g/mol. The Kier molecular flexibility index (Phi) is 4.29. The third kappa shape index (κ3) is 3.27. The number of H-pyrrole nitrogens is 1. The van der Waals surface area contributed by atoms with Crippen LogP contribution in [0.3, 0.4) is 0 Å². The van der Waals surface area contributed by atoms with E-state index < -0.39 is 11.9 Å². The molecule has 164 valence electrons. The van der Waals surface area contributed by atoms with Gasteiger partial charge in [0.05, 0.1) is 5.69 Å². The fourth-order valence-electron chi connectivity index (χ4n) is 3.46. The first-order valence-corrected chi connectivity index (χ1v) is 9.48. The Morgan fingerprint density at radius 2 is 1.94 bits per heavy atom. The SMILES string of the molecule is Cc1c(-c2ccn(C)n2)cn2nc(-c3nccn3C)nc(Nc3cc(C(F)(F)F)[nH]n3)c12. The van der Waals surface area contributed by atoms with Crippen LogP contribution in [0.25, 0.3) is 28.4 Å². The minimum atomic E-state index is -4.54. The van der Waals surface area contributed by atoms with E-state index in [1.807, 2.05) is 31.3 Å². The standard InChI is InChI=1S/C19H17F3N10/c1-10-11(12-4-6-31(3)28-12)9-32-15(10)16(24-14-8-13(26-27-14)19(20,21)22)25-17(29-32)18-23-5-7-30(18)2/h4-9H,1-3H3,(H2,24,25,26,27,29). The lowest BCUT2D eigenvalue weighted by molar-refractivity contribution is -0.141. The van der Waals surface area contributed by atoms with E-state index in [0.29, 0.717) is 17.2 Å². The number of fused-ring (bicyclic) bond motifs is 1. The maximum absolute atomic E-state index is 13.0. The zero-order valence-corrected chi connectivity index (χ0v) is 17.2. The highest BCUT2D eigenvalue weighted by molar-refractivity contribution is 5.84. The molecule has 0 radical (unpaired) electrons. The van der Waals surface area contributed by atoms with Gasteiger partial charge in [0.1, 0.15) is 11.2 Å². The summed E-state index contributed by atoms with van der Waals surface area (Å²) in [4.78, 5) is 8.84. The van der Waals surface area contributed by atoms with E-state index in [-0.39, 0.29) is 11.6 Å². The number of halogens is 3. The summed E-state index contributed by atoms with van der Waals surface area (Å²) in [7, 11) is 3.61. The molecular formula is C19H17F3N10. The van der Waals surface area contributed by atoms with E-state index in [0.717, 1.165) is 22.9 Å². The molecule has 0 atom stereocenters. The maximum Gasteiger partial charge on any atom is 0.432 e. The molecule has 0 aliphatic rings. The fourth-order valence-corrected chi connectivity index (χ4v) is 3.46. The number of rotatable bonds is 4. The number of nitrogens with zero attached hydrogens (tertiary/aromatic N) is 8. The van der Waals surface area contributed by atoms with Gasteiger partial charge in [-0.3, -0.25) is 9.78 Å². The van der Waals surface area contributed by atoms with Gasteiger partial charge in [0.25, 0.3) is 0 Å². The van der Waals surface area contributed by atoms with Crippen LogP contribution in [0.5, 0.6) is 0 Å². The van der Waals surface area contributed by atoms with Gasteiger partial charge in [-0.2, -0.15) is 23.4 Å². The molecule has 5 heterocycles. The van der Waals surface area contributed by atoms with Crippen molar-refractivity contribution < 1.29 is 13.2 Å². The molecule has 0 amide bonds. The molecule has 0 unspecified atom stereocenters. The molecule has 5 aromatic rings. The molecule has 0 aliphatic heterocycles. The Morgan fingerprint density at radius 1 is 1.12 bits per heavy atom. The van der Waals surface area contributed by atoms with Crippen molar-refractivity contribution in [3.05, 3.63) is 48.2 Å². The molecule has 0 bridgehead atoms. The van der Waals surface area contributed by atoms with Crippen LogP contribution in [-0.4, -0.2) is 44.1 Å². The van der Waals surface area contributed by atoms with Gasteiger partial charge in [0.2, 0.25) is 5.82 Å². The van der Waals surface area contributed by atoms with Crippen molar-refractivity contribution in [1.82, 2.24) is 44.1 Å². The van der Waals surface area contributed by atoms with Crippen molar-refractivity contribution in [2.45, 2.75) is 13.1 Å². The number of aromatic amines is 1. The Hall–Kier alpha value is -4.16. The van der Waals surface area contributed by atoms with Gasteiger partial charge in [-0.1, -0.05) is 0 Å². The Morgan fingerprint density at radius 3 is 2.56 bits per heavy atom. The van der Waals surface area contributed by atoms with Crippen molar-refractivity contribution in [1.29, 1.82) is 0 Å². The van der Waals surface area contributed by atoms with Crippen molar-refractivity contribution >= 4 is 17.2 Å². The van der Waals surface area contributed by atoms with Crippen LogP contribution in [0, 0.1) is 6.92 Å². The maximum atomic E-state index is 13.0. The molecule has 0 aliphatic carbocycles. The summed E-state index contributed by atoms with van der Waals surface area (Å²) in [6, 6.07) is 2.75. The van der Waals surface area contributed by atoms with Gasteiger partial charge in [-0.15, -0.1) is 5.10 Å². The molecule has 10 nitrogen and oxygen atoms in total. The summed E-state index contributed by atoms with van der Waals surface area (Å²) in [5.74, 6) is 1.06. The molecule has 5 rings (SSSR count). The summed E-state index contributed by atoms with van der Waals surface area (Å²) in [5, 5.41) is 17.6. The van der Waals surface area contributed by atoms with Crippen molar-refractivity contribution in [2.24, 2.45) is 14.1 Å². The molecule has 0 spiro atoms. The average Bonchev–Trinajstić information content (AvgIpc) is 3.49. The number of alkyl halides is 3. The van der Waals surface area contributed by atoms with E-state index in [2.05, 4.69) is 30.6 Å². The van der Waals surface area contributed by atoms with E-state index in [4.69, 9.17) is 0 Å². The minimum Gasteiger partial charge on any atom is -0.331 e. The van der Waals surface area contributed by atoms with Crippen LogP contribution in [0.2, 0.25) is 0 Å². The predicted octanol–water partition coefficient (Wildman–Crippen LogP) is 3.32. The normalized spacial score (nSPS) is 12.1. The third-order valence-electron chi connectivity index (χ3n) is 5.02. The average molecular weight is 442 g/mol. The predicted molar refractivity (Wildman–Crippen MR) is 109 cm³/mol. The van der Waals surface area contributed by atoms with Gasteiger partial charge in [0.15, 0.2) is 17.5 Å². The molecule has 5 aromatic heterocycles. The number of anilines is 2. The highest BCUT2D eigenvalue weighted by atomic mass is 19.4. The number of hydrogen-bond donors (Lipinski definition) is 2. The Bertz CT molecular complexity index is 1440. The van der Waals surface area contributed by atoms with Gasteiger partial charge in [-0.05, 0) is 18.6 Å². The van der Waals surface area contributed by atoms with Crippen LogP contribution in [0.4, 0.5) is 24.8 Å². The summed E-state index contributed by atoms with van der Waals surface area (Å²) in [5.41, 5.74) is 1.98. The second-order valence-electron chi connectivity index (χ2n) is 7.27. The number of nitrogens with one attached hydrogen (secondary N) is 2. The quantitative estimate of drug-likeness (QED) is 0.442. The summed E-state index contributed by atoms with van der Waals surface area (Å²) < 4.78 is 44.0. The minimum absolute atomic E-state index is 0.0244. The molecule has 0 aromatic carbocycles. The Labute approximate surface area is 178 Å². The highest BCUT2D eigenvalue weighted by Crippen LogP contribution is 2.33.